The third-order valence-corrected chi connectivity index (χ3v) is 3.97. The van der Waals surface area contributed by atoms with Crippen molar-refractivity contribution in [1.29, 1.82) is 0 Å². The second kappa shape index (κ2) is 7.28. The van der Waals surface area contributed by atoms with Crippen molar-refractivity contribution in [3.63, 3.8) is 0 Å². The minimum absolute atomic E-state index is 0.155. The van der Waals surface area contributed by atoms with Crippen molar-refractivity contribution in [2.75, 3.05) is 11.9 Å². The summed E-state index contributed by atoms with van der Waals surface area (Å²) >= 11 is 0. The molecule has 0 aliphatic rings. The first kappa shape index (κ1) is 16.8. The highest BCUT2D eigenvalue weighted by Gasteiger charge is 2.11. The number of anilines is 1. The first-order chi connectivity index (χ1) is 13.2. The summed E-state index contributed by atoms with van der Waals surface area (Å²) in [6.45, 7) is 2.70. The largest absolute Gasteiger partial charge is 0.493 e. The Morgan fingerprint density at radius 3 is 2.93 bits per heavy atom. The molecule has 1 aromatic carbocycles. The average molecular weight is 362 g/mol. The Morgan fingerprint density at radius 2 is 2.11 bits per heavy atom. The number of para-hydroxylation sites is 1. The van der Waals surface area contributed by atoms with Gasteiger partial charge in [0.25, 0.3) is 0 Å². The number of amides is 1. The number of hydrogen-bond donors (Lipinski definition) is 1. The fourth-order valence-electron chi connectivity index (χ4n) is 2.79. The predicted molar refractivity (Wildman–Crippen MR) is 100 cm³/mol. The number of imidazole rings is 1. The van der Waals surface area contributed by atoms with Crippen LogP contribution in [0.2, 0.25) is 0 Å². The highest BCUT2D eigenvalue weighted by molar-refractivity contribution is 5.89. The van der Waals surface area contributed by atoms with Crippen LogP contribution in [0, 0.1) is 0 Å². The van der Waals surface area contributed by atoms with Crippen LogP contribution in [-0.4, -0.2) is 36.7 Å². The quantitative estimate of drug-likeness (QED) is 0.570. The Morgan fingerprint density at radius 1 is 1.22 bits per heavy atom. The third-order valence-electron chi connectivity index (χ3n) is 3.97. The lowest BCUT2D eigenvalue weighted by molar-refractivity contribution is -0.116. The Bertz CT molecular complexity index is 1070. The number of hydrogen-bond acceptors (Lipinski definition) is 5. The summed E-state index contributed by atoms with van der Waals surface area (Å²) in [4.78, 5) is 20.3. The van der Waals surface area contributed by atoms with Gasteiger partial charge in [0.15, 0.2) is 5.65 Å². The fourth-order valence-corrected chi connectivity index (χ4v) is 2.79. The van der Waals surface area contributed by atoms with E-state index in [0.29, 0.717) is 12.3 Å². The molecule has 0 fully saturated rings. The first-order valence-corrected chi connectivity index (χ1v) is 8.57. The molecule has 4 rings (SSSR count). The molecule has 0 bridgehead atoms. The van der Waals surface area contributed by atoms with Crippen molar-refractivity contribution in [3.8, 4) is 16.9 Å². The lowest BCUT2D eigenvalue weighted by Crippen LogP contribution is -2.18. The minimum Gasteiger partial charge on any atom is -0.493 e. The number of benzene rings is 1. The van der Waals surface area contributed by atoms with Gasteiger partial charge in [0, 0.05) is 29.7 Å². The van der Waals surface area contributed by atoms with Crippen LogP contribution in [0.1, 0.15) is 6.92 Å². The summed E-state index contributed by atoms with van der Waals surface area (Å²) in [6.07, 6.45) is 6.79. The molecule has 0 atom stereocenters. The summed E-state index contributed by atoms with van der Waals surface area (Å²) in [6, 6.07) is 11.7. The maximum absolute atomic E-state index is 12.1. The van der Waals surface area contributed by atoms with Gasteiger partial charge in [0.05, 0.1) is 12.9 Å². The first-order valence-electron chi connectivity index (χ1n) is 8.57. The molecule has 0 unspecified atom stereocenters. The molecule has 3 heterocycles. The number of nitrogens with one attached hydrogen (secondary N) is 1. The maximum atomic E-state index is 12.1. The molecule has 8 nitrogen and oxygen atoms in total. The molecule has 0 aliphatic carbocycles. The molecule has 0 spiro atoms. The molecule has 0 aliphatic heterocycles. The van der Waals surface area contributed by atoms with E-state index in [0.717, 1.165) is 16.9 Å². The number of aromatic nitrogens is 5. The molecule has 0 radical (unpaired) electrons. The topological polar surface area (TPSA) is 86.3 Å². The zero-order valence-corrected chi connectivity index (χ0v) is 14.7. The van der Waals surface area contributed by atoms with E-state index in [9.17, 15) is 4.79 Å². The van der Waals surface area contributed by atoms with Gasteiger partial charge < -0.3 is 9.30 Å². The van der Waals surface area contributed by atoms with Crippen LogP contribution in [0.15, 0.2) is 61.3 Å². The van der Waals surface area contributed by atoms with Crippen molar-refractivity contribution < 1.29 is 9.53 Å². The van der Waals surface area contributed by atoms with Gasteiger partial charge >= 0.3 is 0 Å². The molecule has 4 aromatic rings. The smallest absolute Gasteiger partial charge is 0.249 e. The van der Waals surface area contributed by atoms with Crippen molar-refractivity contribution in [1.82, 2.24) is 24.1 Å². The summed E-state index contributed by atoms with van der Waals surface area (Å²) < 4.78 is 9.02. The summed E-state index contributed by atoms with van der Waals surface area (Å²) in [5, 5.41) is 7.06. The minimum atomic E-state index is -0.217. The standard InChI is InChI=1S/C19H18N6O2/c1-2-27-16-6-4-3-5-15(16)14-7-8-17-21-19(23-25(17)11-14)22-18(26)12-24-10-9-20-13-24/h3-11,13H,2,12H2,1H3,(H,22,23,26). The van der Waals surface area contributed by atoms with Gasteiger partial charge in [-0.15, -0.1) is 5.10 Å². The van der Waals surface area contributed by atoms with E-state index in [1.54, 1.807) is 27.8 Å². The van der Waals surface area contributed by atoms with Crippen LogP contribution in [0.25, 0.3) is 16.8 Å². The van der Waals surface area contributed by atoms with Crippen molar-refractivity contribution in [2.45, 2.75) is 13.5 Å². The summed E-state index contributed by atoms with van der Waals surface area (Å²) in [5.41, 5.74) is 2.57. The Balaban J connectivity index is 1.58. The van der Waals surface area contributed by atoms with E-state index in [1.807, 2.05) is 49.5 Å². The van der Waals surface area contributed by atoms with E-state index in [4.69, 9.17) is 4.74 Å². The van der Waals surface area contributed by atoms with Crippen LogP contribution in [-0.2, 0) is 11.3 Å². The molecule has 0 saturated carbocycles. The van der Waals surface area contributed by atoms with Gasteiger partial charge in [0.1, 0.15) is 12.3 Å². The summed E-state index contributed by atoms with van der Waals surface area (Å²) in [5.74, 6) is 0.856. The third kappa shape index (κ3) is 3.64. The fraction of sp³-hybridized carbons (Fsp3) is 0.158. The molecule has 27 heavy (non-hydrogen) atoms. The predicted octanol–water partition coefficient (Wildman–Crippen LogP) is 2.63. The molecule has 1 N–H and O–H groups in total. The average Bonchev–Trinajstić information content (AvgIpc) is 3.30. The second-order valence-corrected chi connectivity index (χ2v) is 5.87. The molecule has 1 amide bonds. The monoisotopic (exact) mass is 362 g/mol. The molecule has 3 aromatic heterocycles. The zero-order valence-electron chi connectivity index (χ0n) is 14.7. The number of fused-ring (bicyclic) bond motifs is 1. The van der Waals surface area contributed by atoms with Gasteiger partial charge in [-0.25, -0.2) is 9.50 Å². The van der Waals surface area contributed by atoms with Crippen molar-refractivity contribution in [2.24, 2.45) is 0 Å². The molecule has 0 saturated heterocycles. The van der Waals surface area contributed by atoms with Crippen LogP contribution in [0.4, 0.5) is 5.95 Å². The van der Waals surface area contributed by atoms with E-state index in [1.165, 1.54) is 0 Å². The van der Waals surface area contributed by atoms with Gasteiger partial charge in [-0.2, -0.15) is 4.98 Å². The highest BCUT2D eigenvalue weighted by atomic mass is 16.5. The van der Waals surface area contributed by atoms with Crippen LogP contribution in [0.5, 0.6) is 5.75 Å². The maximum Gasteiger partial charge on any atom is 0.249 e. The number of carbonyl (C=O) groups is 1. The van der Waals surface area contributed by atoms with Gasteiger partial charge in [-0.3, -0.25) is 10.1 Å². The van der Waals surface area contributed by atoms with Crippen molar-refractivity contribution >= 4 is 17.5 Å². The van der Waals surface area contributed by atoms with Gasteiger partial charge in [0.2, 0.25) is 11.9 Å². The SMILES string of the molecule is CCOc1ccccc1-c1ccc2nc(NC(=O)Cn3ccnc3)nn2c1. The Hall–Kier alpha value is -3.68. The lowest BCUT2D eigenvalue weighted by atomic mass is 10.1. The molecule has 8 heteroatoms. The molecular formula is C19H18N6O2. The van der Waals surface area contributed by atoms with Crippen molar-refractivity contribution in [3.05, 3.63) is 61.3 Å². The number of ether oxygens (including phenoxy) is 1. The summed E-state index contributed by atoms with van der Waals surface area (Å²) in [7, 11) is 0. The molecular weight excluding hydrogens is 344 g/mol. The number of rotatable bonds is 6. The second-order valence-electron chi connectivity index (χ2n) is 5.87. The molecule has 136 valence electrons. The van der Waals surface area contributed by atoms with Gasteiger partial charge in [-0.05, 0) is 25.1 Å². The zero-order chi connectivity index (χ0) is 18.6. The van der Waals surface area contributed by atoms with E-state index in [-0.39, 0.29) is 18.4 Å². The van der Waals surface area contributed by atoms with E-state index in [2.05, 4.69) is 20.4 Å². The van der Waals surface area contributed by atoms with Crippen LogP contribution >= 0.6 is 0 Å². The van der Waals surface area contributed by atoms with E-state index >= 15 is 0 Å². The number of carbonyl (C=O) groups excluding carboxylic acids is 1. The van der Waals surface area contributed by atoms with E-state index < -0.39 is 0 Å². The normalized spacial score (nSPS) is 10.9. The number of pyridine rings is 1. The highest BCUT2D eigenvalue weighted by Crippen LogP contribution is 2.29. The Labute approximate surface area is 155 Å². The van der Waals surface area contributed by atoms with Crippen LogP contribution < -0.4 is 10.1 Å². The van der Waals surface area contributed by atoms with Gasteiger partial charge in [-0.1, -0.05) is 18.2 Å². The number of nitrogens with zero attached hydrogens (tertiary/aromatic N) is 5. The lowest BCUT2D eigenvalue weighted by Gasteiger charge is -2.09. The van der Waals surface area contributed by atoms with Crippen LogP contribution in [0.3, 0.4) is 0 Å². The Kier molecular flexibility index (Phi) is 4.52.